The van der Waals surface area contributed by atoms with Crippen molar-refractivity contribution in [3.8, 4) is 0 Å². The summed E-state index contributed by atoms with van der Waals surface area (Å²) in [4.78, 5) is 19.4. The molecule has 3 N–H and O–H groups in total. The van der Waals surface area contributed by atoms with Crippen LogP contribution in [0.2, 0.25) is 0 Å². The molecule has 0 bridgehead atoms. The Hall–Kier alpha value is -2.77. The maximum absolute atomic E-state index is 9.74. The van der Waals surface area contributed by atoms with Crippen LogP contribution in [0.15, 0.2) is 42.5 Å². The fourth-order valence-electron chi connectivity index (χ4n) is 3.14. The summed E-state index contributed by atoms with van der Waals surface area (Å²) in [5.41, 5.74) is 2.91. The summed E-state index contributed by atoms with van der Waals surface area (Å²) in [6.07, 6.45) is 0.526. The van der Waals surface area contributed by atoms with Gasteiger partial charge in [-0.15, -0.1) is 0 Å². The molecule has 0 amide bonds. The van der Waals surface area contributed by atoms with Crippen LogP contribution in [0.4, 0.5) is 0 Å². The largest absolute Gasteiger partial charge is 0.547 e. The van der Waals surface area contributed by atoms with Crippen molar-refractivity contribution in [2.75, 3.05) is 13.6 Å². The highest BCUT2D eigenvalue weighted by Crippen LogP contribution is 2.19. The van der Waals surface area contributed by atoms with Crippen molar-refractivity contribution in [3.63, 3.8) is 0 Å². The molecule has 7 nitrogen and oxygen atoms in total. The predicted octanol–water partition coefficient (Wildman–Crippen LogP) is 0.388. The van der Waals surface area contributed by atoms with Gasteiger partial charge in [0.2, 0.25) is 0 Å². The van der Waals surface area contributed by atoms with Crippen LogP contribution in [0.5, 0.6) is 0 Å². The number of aliphatic carboxylic acids is 2. The molecule has 0 fully saturated rings. The smallest absolute Gasteiger partial charge is 0.335 e. The van der Waals surface area contributed by atoms with Crippen LogP contribution in [0.25, 0.3) is 10.8 Å². The molecule has 0 aromatic heterocycles. The Balaban J connectivity index is 0.000000242. The number of nitrogens with zero attached hydrogens (tertiary/aromatic N) is 1. The molecule has 150 valence electrons. The van der Waals surface area contributed by atoms with Crippen LogP contribution in [0.1, 0.15) is 31.2 Å². The van der Waals surface area contributed by atoms with Gasteiger partial charge in [0.25, 0.3) is 0 Å². The van der Waals surface area contributed by atoms with E-state index in [1.165, 1.54) is 54.3 Å². The summed E-state index contributed by atoms with van der Waals surface area (Å²) in [5.74, 6) is -3.83. The van der Waals surface area contributed by atoms with E-state index < -0.39 is 24.1 Å². The Kier molecular flexibility index (Phi) is 7.66. The fraction of sp³-hybridized carbons (Fsp3) is 0.381. The van der Waals surface area contributed by atoms with Crippen molar-refractivity contribution in [1.82, 2.24) is 0 Å². The maximum atomic E-state index is 9.74. The Morgan fingerprint density at radius 2 is 1.68 bits per heavy atom. The van der Waals surface area contributed by atoms with Gasteiger partial charge in [-0.25, -0.2) is 9.37 Å². The topological polar surface area (TPSA) is 121 Å². The van der Waals surface area contributed by atoms with Gasteiger partial charge in [-0.3, -0.25) is 0 Å². The molecule has 2 aromatic carbocycles. The number of carbonyl (C=O) groups is 2. The van der Waals surface area contributed by atoms with Crippen LogP contribution < -0.4 is 5.11 Å². The SMILES string of the molecule is C[N+]1=C(c2ccc3ccccc3c2)CCCCC1.O=C([O-])C(O)C(O)C(=O)O. The summed E-state index contributed by atoms with van der Waals surface area (Å²) in [6, 6.07) is 15.5. The van der Waals surface area contributed by atoms with E-state index in [0.29, 0.717) is 0 Å². The minimum Gasteiger partial charge on any atom is -0.547 e. The first kappa shape index (κ1) is 21.5. The number of rotatable bonds is 4. The summed E-state index contributed by atoms with van der Waals surface area (Å²) < 4.78 is 2.44. The highest BCUT2D eigenvalue weighted by molar-refractivity contribution is 6.00. The number of aliphatic hydroxyl groups excluding tert-OH is 2. The van der Waals surface area contributed by atoms with E-state index in [0.717, 1.165) is 0 Å². The van der Waals surface area contributed by atoms with Crippen LogP contribution in [-0.2, 0) is 9.59 Å². The number of fused-ring (bicyclic) bond motifs is 1. The van der Waals surface area contributed by atoms with Gasteiger partial charge in [-0.1, -0.05) is 30.3 Å². The summed E-state index contributed by atoms with van der Waals surface area (Å²) in [5, 5.41) is 36.8. The van der Waals surface area contributed by atoms with Gasteiger partial charge in [-0.05, 0) is 35.7 Å². The van der Waals surface area contributed by atoms with Gasteiger partial charge in [0.1, 0.15) is 19.7 Å². The second kappa shape index (κ2) is 9.96. The van der Waals surface area contributed by atoms with Gasteiger partial charge in [0.15, 0.2) is 11.8 Å². The van der Waals surface area contributed by atoms with Gasteiger partial charge >= 0.3 is 5.97 Å². The van der Waals surface area contributed by atoms with E-state index in [1.54, 1.807) is 0 Å². The van der Waals surface area contributed by atoms with Crippen LogP contribution in [0, 0.1) is 0 Å². The number of carbonyl (C=O) groups excluding carboxylic acids is 1. The Labute approximate surface area is 163 Å². The first-order valence-electron chi connectivity index (χ1n) is 9.17. The average molecular weight is 387 g/mol. The first-order chi connectivity index (χ1) is 13.3. The fourth-order valence-corrected chi connectivity index (χ4v) is 3.14. The molecule has 1 aliphatic heterocycles. The predicted molar refractivity (Wildman–Crippen MR) is 102 cm³/mol. The lowest BCUT2D eigenvalue weighted by atomic mass is 10.0. The molecule has 7 heteroatoms. The highest BCUT2D eigenvalue weighted by Gasteiger charge is 2.24. The third-order valence-corrected chi connectivity index (χ3v) is 4.74. The lowest BCUT2D eigenvalue weighted by Gasteiger charge is -2.13. The third kappa shape index (κ3) is 5.61. The van der Waals surface area contributed by atoms with Crippen molar-refractivity contribution in [1.29, 1.82) is 0 Å². The minimum atomic E-state index is -2.38. The number of benzene rings is 2. The number of hydrogen-bond donors (Lipinski definition) is 3. The Morgan fingerprint density at radius 3 is 2.29 bits per heavy atom. The lowest BCUT2D eigenvalue weighted by molar-refractivity contribution is -0.497. The van der Waals surface area contributed by atoms with Crippen molar-refractivity contribution >= 4 is 28.4 Å². The number of hydrogen-bond acceptors (Lipinski definition) is 5. The van der Waals surface area contributed by atoms with Crippen LogP contribution in [0.3, 0.4) is 0 Å². The van der Waals surface area contributed by atoms with E-state index in [2.05, 4.69) is 54.1 Å². The molecule has 0 saturated heterocycles. The van der Waals surface area contributed by atoms with Crippen molar-refractivity contribution in [2.24, 2.45) is 0 Å². The van der Waals surface area contributed by atoms with Crippen LogP contribution in [-0.4, -0.2) is 63.3 Å². The molecule has 0 spiro atoms. The number of aliphatic hydroxyl groups is 2. The molecule has 2 atom stereocenters. The molecule has 1 heterocycles. The molecule has 2 aromatic rings. The van der Waals surface area contributed by atoms with Crippen LogP contribution >= 0.6 is 0 Å². The molecular formula is C21H25NO6. The zero-order chi connectivity index (χ0) is 20.7. The number of carboxylic acids is 2. The van der Waals surface area contributed by atoms with Crippen molar-refractivity contribution < 1.29 is 34.6 Å². The summed E-state index contributed by atoms with van der Waals surface area (Å²) in [6.45, 7) is 1.20. The normalized spacial score (nSPS) is 16.5. The molecule has 0 radical (unpaired) electrons. The van der Waals surface area contributed by atoms with Gasteiger partial charge < -0.3 is 25.2 Å². The Bertz CT molecular complexity index is 858. The average Bonchev–Trinajstić information content (AvgIpc) is 2.91. The monoisotopic (exact) mass is 387 g/mol. The molecule has 2 unspecified atom stereocenters. The second-order valence-electron chi connectivity index (χ2n) is 6.79. The van der Waals surface area contributed by atoms with E-state index in [-0.39, 0.29) is 0 Å². The van der Waals surface area contributed by atoms with Crippen molar-refractivity contribution in [2.45, 2.75) is 37.9 Å². The van der Waals surface area contributed by atoms with Gasteiger partial charge in [-0.2, -0.15) is 0 Å². The quantitative estimate of drug-likeness (QED) is 0.653. The van der Waals surface area contributed by atoms with E-state index in [1.807, 2.05) is 0 Å². The lowest BCUT2D eigenvalue weighted by Crippen LogP contribution is -2.46. The molecule has 3 rings (SSSR count). The molecule has 1 aliphatic rings. The molecule has 28 heavy (non-hydrogen) atoms. The second-order valence-corrected chi connectivity index (χ2v) is 6.79. The number of carboxylic acid groups (broad SMARTS) is 2. The Morgan fingerprint density at radius 1 is 1.00 bits per heavy atom. The highest BCUT2D eigenvalue weighted by atomic mass is 16.4. The third-order valence-electron chi connectivity index (χ3n) is 4.74. The molecular weight excluding hydrogens is 362 g/mol. The minimum absolute atomic E-state index is 1.20. The summed E-state index contributed by atoms with van der Waals surface area (Å²) in [7, 11) is 2.23. The van der Waals surface area contributed by atoms with E-state index in [4.69, 9.17) is 15.3 Å². The standard InChI is InChI=1S/C17H20N.C4H6O6/c1-18-12-6-2-3-9-17(18)16-11-10-14-7-4-5-8-15(14)13-16;5-1(3(7)8)2(6)4(9)10/h4-5,7-8,10-11,13H,2-3,6,9,12H2,1H3;1-2,5-6H,(H,7,8)(H,9,10)/q+1;/p-1. The zero-order valence-corrected chi connectivity index (χ0v) is 15.7. The van der Waals surface area contributed by atoms with E-state index in [9.17, 15) is 14.7 Å². The van der Waals surface area contributed by atoms with Gasteiger partial charge in [0, 0.05) is 18.4 Å². The molecule has 0 saturated carbocycles. The van der Waals surface area contributed by atoms with Gasteiger partial charge in [0.05, 0.1) is 5.97 Å². The van der Waals surface area contributed by atoms with E-state index >= 15 is 0 Å². The summed E-state index contributed by atoms with van der Waals surface area (Å²) >= 11 is 0. The molecule has 0 aliphatic carbocycles. The first-order valence-corrected chi connectivity index (χ1v) is 9.17. The zero-order valence-electron chi connectivity index (χ0n) is 15.7. The maximum Gasteiger partial charge on any atom is 0.335 e. The van der Waals surface area contributed by atoms with Crippen molar-refractivity contribution in [3.05, 3.63) is 48.0 Å².